The van der Waals surface area contributed by atoms with Gasteiger partial charge in [-0.25, -0.2) is 0 Å². The average molecular weight is 409 g/mol. The lowest BCUT2D eigenvalue weighted by molar-refractivity contribution is -0.139. The number of carbonyl (C=O) groups excluding carboxylic acids is 3. The topological polar surface area (TPSA) is 82.2 Å². The maximum atomic E-state index is 12.9. The van der Waals surface area contributed by atoms with E-state index >= 15 is 0 Å². The van der Waals surface area contributed by atoms with Crippen molar-refractivity contribution >= 4 is 17.7 Å². The largest absolute Gasteiger partial charge is 0.379 e. The van der Waals surface area contributed by atoms with E-state index in [4.69, 9.17) is 4.74 Å². The molecule has 3 aliphatic rings. The second kappa shape index (κ2) is 9.43. The van der Waals surface area contributed by atoms with E-state index in [1.54, 1.807) is 0 Å². The van der Waals surface area contributed by atoms with Gasteiger partial charge in [-0.15, -0.1) is 0 Å². The summed E-state index contributed by atoms with van der Waals surface area (Å²) in [4.78, 5) is 43.6. The summed E-state index contributed by atoms with van der Waals surface area (Å²) in [6.07, 6.45) is 1.69. The Labute approximate surface area is 173 Å². The highest BCUT2D eigenvalue weighted by Crippen LogP contribution is 2.28. The summed E-state index contributed by atoms with van der Waals surface area (Å²) in [6, 6.07) is 0. The predicted molar refractivity (Wildman–Crippen MR) is 109 cm³/mol. The van der Waals surface area contributed by atoms with Crippen LogP contribution in [0, 0.1) is 11.8 Å². The van der Waals surface area contributed by atoms with Gasteiger partial charge in [-0.2, -0.15) is 0 Å². The summed E-state index contributed by atoms with van der Waals surface area (Å²) in [5.41, 5.74) is -0.252. The van der Waals surface area contributed by atoms with Crippen molar-refractivity contribution in [1.29, 1.82) is 0 Å². The maximum absolute atomic E-state index is 12.9. The Morgan fingerprint density at radius 1 is 1.07 bits per heavy atom. The van der Waals surface area contributed by atoms with Crippen molar-refractivity contribution < 1.29 is 19.1 Å². The van der Waals surface area contributed by atoms with Gasteiger partial charge >= 0.3 is 0 Å². The van der Waals surface area contributed by atoms with E-state index in [-0.39, 0.29) is 35.1 Å². The third kappa shape index (κ3) is 5.69. The third-order valence-corrected chi connectivity index (χ3v) is 6.29. The van der Waals surface area contributed by atoms with Gasteiger partial charge in [0, 0.05) is 63.7 Å². The maximum Gasteiger partial charge on any atom is 0.227 e. The quantitative estimate of drug-likeness (QED) is 0.709. The minimum atomic E-state index is -0.252. The number of amides is 3. The number of hydrogen-bond donors (Lipinski definition) is 1. The van der Waals surface area contributed by atoms with E-state index in [2.05, 4.69) is 10.2 Å². The molecule has 0 bridgehead atoms. The number of hydrogen-bond acceptors (Lipinski definition) is 5. The van der Waals surface area contributed by atoms with Crippen molar-refractivity contribution in [1.82, 2.24) is 20.0 Å². The zero-order chi connectivity index (χ0) is 21.0. The van der Waals surface area contributed by atoms with E-state index in [9.17, 15) is 14.4 Å². The normalized spacial score (nSPS) is 24.8. The van der Waals surface area contributed by atoms with E-state index in [0.717, 1.165) is 32.8 Å². The van der Waals surface area contributed by atoms with Crippen LogP contribution in [0.5, 0.6) is 0 Å². The van der Waals surface area contributed by atoms with Crippen LogP contribution in [0.25, 0.3) is 0 Å². The van der Waals surface area contributed by atoms with E-state index in [1.807, 2.05) is 30.6 Å². The highest BCUT2D eigenvalue weighted by molar-refractivity contribution is 5.90. The molecule has 1 atom stereocenters. The molecule has 0 radical (unpaired) electrons. The number of nitrogens with zero attached hydrogens (tertiary/aromatic N) is 3. The number of rotatable bonds is 5. The Morgan fingerprint density at radius 2 is 1.72 bits per heavy atom. The number of ether oxygens (including phenoxy) is 1. The van der Waals surface area contributed by atoms with Gasteiger partial charge in [0.15, 0.2) is 0 Å². The summed E-state index contributed by atoms with van der Waals surface area (Å²) in [7, 11) is 0. The highest BCUT2D eigenvalue weighted by atomic mass is 16.5. The van der Waals surface area contributed by atoms with Gasteiger partial charge < -0.3 is 19.9 Å². The van der Waals surface area contributed by atoms with Crippen molar-refractivity contribution in [2.45, 2.75) is 45.6 Å². The molecule has 3 saturated heterocycles. The highest BCUT2D eigenvalue weighted by Gasteiger charge is 2.41. The fourth-order valence-corrected chi connectivity index (χ4v) is 4.45. The molecule has 3 heterocycles. The first-order valence-corrected chi connectivity index (χ1v) is 10.9. The Balaban J connectivity index is 1.39. The lowest BCUT2D eigenvalue weighted by Crippen LogP contribution is -2.47. The van der Waals surface area contributed by atoms with Gasteiger partial charge in [-0.3, -0.25) is 19.3 Å². The molecule has 0 aliphatic carbocycles. The van der Waals surface area contributed by atoms with Crippen molar-refractivity contribution in [2.24, 2.45) is 11.8 Å². The van der Waals surface area contributed by atoms with Gasteiger partial charge in [0.25, 0.3) is 0 Å². The first-order chi connectivity index (χ1) is 13.8. The second-order valence-electron chi connectivity index (χ2n) is 9.42. The standard InChI is InChI=1S/C21H36N4O4/c1-21(2,3)25-15-17(14-18(25)26)20(28)24-7-4-16(5-8-24)19(27)22-6-9-23-10-12-29-13-11-23/h16-17H,4-15H2,1-3H3,(H,22,27). The summed E-state index contributed by atoms with van der Waals surface area (Å²) >= 11 is 0. The Bertz CT molecular complexity index is 604. The molecular formula is C21H36N4O4. The predicted octanol–water partition coefficient (Wildman–Crippen LogP) is 0.320. The van der Waals surface area contributed by atoms with Crippen LogP contribution in [-0.4, -0.2) is 97.0 Å². The molecule has 0 aromatic carbocycles. The van der Waals surface area contributed by atoms with Crippen molar-refractivity contribution in [2.75, 3.05) is 59.0 Å². The SMILES string of the molecule is CC(C)(C)N1CC(C(=O)N2CCC(C(=O)NCCN3CCOCC3)CC2)CC1=O. The molecule has 164 valence electrons. The van der Waals surface area contributed by atoms with Gasteiger partial charge in [0.2, 0.25) is 17.7 Å². The van der Waals surface area contributed by atoms with Gasteiger partial charge in [-0.05, 0) is 33.6 Å². The molecule has 0 aromatic rings. The van der Waals surface area contributed by atoms with E-state index < -0.39 is 0 Å². The monoisotopic (exact) mass is 408 g/mol. The molecule has 3 rings (SSSR count). The molecule has 0 aromatic heterocycles. The fraction of sp³-hybridized carbons (Fsp3) is 0.857. The van der Waals surface area contributed by atoms with Crippen molar-refractivity contribution in [3.05, 3.63) is 0 Å². The van der Waals surface area contributed by atoms with Crippen LogP contribution in [0.4, 0.5) is 0 Å². The summed E-state index contributed by atoms with van der Waals surface area (Å²) in [5.74, 6) is -0.0531. The minimum Gasteiger partial charge on any atom is -0.379 e. The van der Waals surface area contributed by atoms with Gasteiger partial charge in [-0.1, -0.05) is 0 Å². The molecule has 0 spiro atoms. The molecule has 3 fully saturated rings. The van der Waals surface area contributed by atoms with E-state index in [0.29, 0.717) is 45.4 Å². The number of morpholine rings is 1. The summed E-state index contributed by atoms with van der Waals surface area (Å²) in [5, 5.41) is 3.05. The number of carbonyl (C=O) groups is 3. The Hall–Kier alpha value is -1.67. The molecule has 1 unspecified atom stereocenters. The third-order valence-electron chi connectivity index (χ3n) is 6.29. The Morgan fingerprint density at radius 3 is 2.31 bits per heavy atom. The molecule has 8 nitrogen and oxygen atoms in total. The number of piperidine rings is 1. The van der Waals surface area contributed by atoms with Gasteiger partial charge in [0.1, 0.15) is 0 Å². The van der Waals surface area contributed by atoms with E-state index in [1.165, 1.54) is 0 Å². The average Bonchev–Trinajstić information content (AvgIpc) is 3.10. The van der Waals surface area contributed by atoms with Crippen LogP contribution in [0.2, 0.25) is 0 Å². The van der Waals surface area contributed by atoms with Crippen molar-refractivity contribution in [3.8, 4) is 0 Å². The van der Waals surface area contributed by atoms with Crippen LogP contribution in [0.3, 0.4) is 0 Å². The first kappa shape index (κ1) is 22.0. The molecule has 8 heteroatoms. The first-order valence-electron chi connectivity index (χ1n) is 10.9. The molecule has 3 amide bonds. The van der Waals surface area contributed by atoms with Crippen LogP contribution >= 0.6 is 0 Å². The molecule has 1 N–H and O–H groups in total. The van der Waals surface area contributed by atoms with Crippen LogP contribution in [0.15, 0.2) is 0 Å². The van der Waals surface area contributed by atoms with Crippen LogP contribution in [-0.2, 0) is 19.1 Å². The lowest BCUT2D eigenvalue weighted by Gasteiger charge is -2.34. The molecule has 0 saturated carbocycles. The lowest BCUT2D eigenvalue weighted by atomic mass is 9.94. The zero-order valence-corrected chi connectivity index (χ0v) is 18.1. The minimum absolute atomic E-state index is 0.0278. The second-order valence-corrected chi connectivity index (χ2v) is 9.42. The number of likely N-dealkylation sites (tertiary alicyclic amines) is 2. The van der Waals surface area contributed by atoms with Crippen LogP contribution < -0.4 is 5.32 Å². The van der Waals surface area contributed by atoms with Gasteiger partial charge in [0.05, 0.1) is 19.1 Å². The molecule has 29 heavy (non-hydrogen) atoms. The fourth-order valence-electron chi connectivity index (χ4n) is 4.45. The summed E-state index contributed by atoms with van der Waals surface area (Å²) < 4.78 is 5.33. The Kier molecular flexibility index (Phi) is 7.16. The summed E-state index contributed by atoms with van der Waals surface area (Å²) in [6.45, 7) is 12.6. The molecule has 3 aliphatic heterocycles. The number of nitrogens with one attached hydrogen (secondary N) is 1. The van der Waals surface area contributed by atoms with Crippen molar-refractivity contribution in [3.63, 3.8) is 0 Å². The zero-order valence-electron chi connectivity index (χ0n) is 18.1. The van der Waals surface area contributed by atoms with Crippen LogP contribution in [0.1, 0.15) is 40.0 Å². The molecular weight excluding hydrogens is 372 g/mol. The smallest absolute Gasteiger partial charge is 0.227 e.